The predicted octanol–water partition coefficient (Wildman–Crippen LogP) is 2.57. The Balaban J connectivity index is 2.40. The van der Waals surface area contributed by atoms with E-state index in [0.29, 0.717) is 4.34 Å². The first-order valence-corrected chi connectivity index (χ1v) is 5.13. The van der Waals surface area contributed by atoms with E-state index in [9.17, 15) is 12.9 Å². The quantitative estimate of drug-likeness (QED) is 0.581. The van der Waals surface area contributed by atoms with E-state index in [1.807, 2.05) is 0 Å². The lowest BCUT2D eigenvalue weighted by Gasteiger charge is -2.16. The molecule has 0 amide bonds. The highest BCUT2D eigenvalue weighted by atomic mass is 32.2. The van der Waals surface area contributed by atoms with E-state index in [2.05, 4.69) is 16.8 Å². The van der Waals surface area contributed by atoms with Crippen LogP contribution in [0.25, 0.3) is 0 Å². The topological polar surface area (TPSA) is 25.8 Å². The molecule has 0 fully saturated rings. The molecule has 2 nitrogen and oxygen atoms in total. The minimum absolute atomic E-state index is 0.168. The zero-order valence-electron chi connectivity index (χ0n) is 6.41. The number of thioether (sulfide) groups is 1. The van der Waals surface area contributed by atoms with Crippen LogP contribution in [0, 0.1) is 0 Å². The molecule has 0 aliphatic rings. The molecule has 0 radical (unpaired) electrons. The van der Waals surface area contributed by atoms with Crippen molar-refractivity contribution in [1.29, 1.82) is 0 Å². The molecule has 0 saturated heterocycles. The lowest BCUT2D eigenvalue weighted by molar-refractivity contribution is 0.491. The van der Waals surface area contributed by atoms with Crippen molar-refractivity contribution in [3.05, 3.63) is 17.6 Å². The third-order valence-electron chi connectivity index (χ3n) is 1.18. The van der Waals surface area contributed by atoms with Crippen molar-refractivity contribution in [2.24, 2.45) is 0 Å². The SMILES string of the molecule is C=C(CSc1nncs1)[B-](F)(F)F. The van der Waals surface area contributed by atoms with E-state index in [4.69, 9.17) is 0 Å². The molecule has 8 heteroatoms. The van der Waals surface area contributed by atoms with Gasteiger partial charge in [0.05, 0.1) is 0 Å². The van der Waals surface area contributed by atoms with Crippen LogP contribution in [0.15, 0.2) is 21.9 Å². The van der Waals surface area contributed by atoms with Crippen molar-refractivity contribution >= 4 is 30.1 Å². The molecule has 0 saturated carbocycles. The average Bonchev–Trinajstić information content (AvgIpc) is 2.50. The van der Waals surface area contributed by atoms with Crippen LogP contribution in [0.3, 0.4) is 0 Å². The molecule has 1 rings (SSSR count). The van der Waals surface area contributed by atoms with Gasteiger partial charge in [-0.25, -0.2) is 0 Å². The van der Waals surface area contributed by atoms with Crippen molar-refractivity contribution in [2.45, 2.75) is 4.34 Å². The van der Waals surface area contributed by atoms with Gasteiger partial charge in [0, 0.05) is 0 Å². The zero-order chi connectivity index (χ0) is 9.90. The highest BCUT2D eigenvalue weighted by Gasteiger charge is 2.26. The molecule has 0 atom stereocenters. The smallest absolute Gasteiger partial charge is 0.445 e. The molecule has 0 aromatic carbocycles. The second-order valence-corrected chi connectivity index (χ2v) is 4.28. The summed E-state index contributed by atoms with van der Waals surface area (Å²) < 4.78 is 36.5. The Hall–Kier alpha value is -0.495. The number of rotatable bonds is 4. The minimum Gasteiger partial charge on any atom is -0.445 e. The molecule has 13 heavy (non-hydrogen) atoms. The molecule has 0 aliphatic heterocycles. The normalized spacial score (nSPS) is 11.6. The van der Waals surface area contributed by atoms with Gasteiger partial charge in [0.15, 0.2) is 4.34 Å². The molecule has 1 aromatic rings. The van der Waals surface area contributed by atoms with Crippen molar-refractivity contribution in [3.63, 3.8) is 0 Å². The summed E-state index contributed by atoms with van der Waals surface area (Å²) in [4.78, 5) is 0. The van der Waals surface area contributed by atoms with Gasteiger partial charge in [-0.2, -0.15) is 0 Å². The highest BCUT2D eigenvalue weighted by Crippen LogP contribution is 2.26. The maximum absolute atomic E-state index is 12.0. The van der Waals surface area contributed by atoms with E-state index < -0.39 is 12.4 Å². The van der Waals surface area contributed by atoms with Gasteiger partial charge >= 0.3 is 6.98 Å². The maximum atomic E-state index is 12.0. The Labute approximate surface area is 81.3 Å². The van der Waals surface area contributed by atoms with Crippen LogP contribution in [0.5, 0.6) is 0 Å². The van der Waals surface area contributed by atoms with Crippen LogP contribution in [-0.4, -0.2) is 22.9 Å². The second-order valence-electron chi connectivity index (χ2n) is 2.23. The molecule has 0 aliphatic carbocycles. The van der Waals surface area contributed by atoms with Crippen LogP contribution in [0.1, 0.15) is 0 Å². The van der Waals surface area contributed by atoms with E-state index in [1.54, 1.807) is 0 Å². The zero-order valence-corrected chi connectivity index (χ0v) is 8.05. The van der Waals surface area contributed by atoms with Gasteiger partial charge in [0.2, 0.25) is 0 Å². The van der Waals surface area contributed by atoms with Crippen molar-refractivity contribution in [1.82, 2.24) is 10.2 Å². The first-order valence-electron chi connectivity index (χ1n) is 3.26. The molecule has 1 aromatic heterocycles. The Morgan fingerprint density at radius 2 is 2.31 bits per heavy atom. The molecule has 0 spiro atoms. The fourth-order valence-corrected chi connectivity index (χ4v) is 1.93. The standard InChI is InChI=1S/C5H5BF3N2S2/c1-4(6(7,8)9)2-12-5-11-10-3-13-5/h3H,1-2H2/q-1. The molecule has 0 unspecified atom stereocenters. The fraction of sp³-hybridized carbons (Fsp3) is 0.200. The summed E-state index contributed by atoms with van der Waals surface area (Å²) in [6, 6.07) is 0. The number of hydrogen-bond acceptors (Lipinski definition) is 4. The van der Waals surface area contributed by atoms with Crippen LogP contribution >= 0.6 is 23.1 Å². The fourth-order valence-electron chi connectivity index (χ4n) is 0.475. The van der Waals surface area contributed by atoms with Gasteiger partial charge in [-0.3, -0.25) is 0 Å². The Morgan fingerprint density at radius 1 is 1.62 bits per heavy atom. The molecule has 0 bridgehead atoms. The number of halogens is 3. The van der Waals surface area contributed by atoms with Crippen LogP contribution in [0.4, 0.5) is 12.9 Å². The number of hydrogen-bond donors (Lipinski definition) is 0. The lowest BCUT2D eigenvalue weighted by atomic mass is 9.82. The van der Waals surface area contributed by atoms with Gasteiger partial charge in [0.1, 0.15) is 5.51 Å². The van der Waals surface area contributed by atoms with Crippen molar-refractivity contribution in [2.75, 3.05) is 5.75 Å². The Kier molecular flexibility index (Phi) is 3.37. The number of nitrogens with zero attached hydrogens (tertiary/aromatic N) is 2. The monoisotopic (exact) mass is 225 g/mol. The third kappa shape index (κ3) is 3.39. The van der Waals surface area contributed by atoms with Crippen molar-refractivity contribution in [3.8, 4) is 0 Å². The van der Waals surface area contributed by atoms with E-state index >= 15 is 0 Å². The van der Waals surface area contributed by atoms with Gasteiger partial charge in [-0.15, -0.1) is 22.2 Å². The molecule has 72 valence electrons. The van der Waals surface area contributed by atoms with E-state index in [0.717, 1.165) is 11.8 Å². The summed E-state index contributed by atoms with van der Waals surface area (Å²) in [6.07, 6.45) is 0. The second kappa shape index (κ2) is 4.14. The summed E-state index contributed by atoms with van der Waals surface area (Å²) in [7, 11) is 0. The van der Waals surface area contributed by atoms with Gasteiger partial charge < -0.3 is 12.9 Å². The van der Waals surface area contributed by atoms with Crippen LogP contribution in [0.2, 0.25) is 0 Å². The van der Waals surface area contributed by atoms with Crippen molar-refractivity contribution < 1.29 is 12.9 Å². The lowest BCUT2D eigenvalue weighted by Crippen LogP contribution is -2.20. The Morgan fingerprint density at radius 3 is 2.77 bits per heavy atom. The summed E-state index contributed by atoms with van der Waals surface area (Å²) in [5.74, 6) is -0.168. The summed E-state index contributed by atoms with van der Waals surface area (Å²) in [6.45, 7) is -1.95. The Bertz CT molecular complexity index is 284. The molecular weight excluding hydrogens is 220 g/mol. The predicted molar refractivity (Wildman–Crippen MR) is 48.9 cm³/mol. The summed E-state index contributed by atoms with van der Waals surface area (Å²) >= 11 is 2.22. The number of aromatic nitrogens is 2. The largest absolute Gasteiger partial charge is 0.505 e. The maximum Gasteiger partial charge on any atom is 0.505 e. The summed E-state index contributed by atoms with van der Waals surface area (Å²) in [5, 5.41) is 7.10. The van der Waals surface area contributed by atoms with Crippen LogP contribution in [-0.2, 0) is 0 Å². The van der Waals surface area contributed by atoms with Gasteiger partial charge in [-0.1, -0.05) is 23.1 Å². The van der Waals surface area contributed by atoms with E-state index in [-0.39, 0.29) is 5.75 Å². The highest BCUT2D eigenvalue weighted by molar-refractivity contribution is 8.01. The average molecular weight is 225 g/mol. The minimum atomic E-state index is -4.91. The van der Waals surface area contributed by atoms with Crippen LogP contribution < -0.4 is 0 Å². The molecule has 1 heterocycles. The molecule has 0 N–H and O–H groups in total. The van der Waals surface area contributed by atoms with Gasteiger partial charge in [-0.05, 0) is 5.75 Å². The first kappa shape index (κ1) is 10.6. The molecular formula is C5H5BF3N2S2-. The van der Waals surface area contributed by atoms with Gasteiger partial charge in [0.25, 0.3) is 0 Å². The third-order valence-corrected chi connectivity index (χ3v) is 3.15. The van der Waals surface area contributed by atoms with E-state index in [1.165, 1.54) is 16.8 Å². The summed E-state index contributed by atoms with van der Waals surface area (Å²) in [5.41, 5.74) is 0.782. The first-order chi connectivity index (χ1) is 6.00.